The van der Waals surface area contributed by atoms with Gasteiger partial charge in [-0.1, -0.05) is 30.4 Å². The maximum absolute atomic E-state index is 2.25. The van der Waals surface area contributed by atoms with Crippen LogP contribution in [0.4, 0.5) is 0 Å². The van der Waals surface area contributed by atoms with Gasteiger partial charge in [-0.3, -0.25) is 0 Å². The van der Waals surface area contributed by atoms with Crippen molar-refractivity contribution in [3.63, 3.8) is 0 Å². The minimum Gasteiger partial charge on any atom is -0.0761 e. The van der Waals surface area contributed by atoms with Crippen LogP contribution in [-0.2, 0) is 0 Å². The quantitative estimate of drug-likeness (QED) is 0.440. The Balaban J connectivity index is 2.47. The third kappa shape index (κ3) is 0.460. The zero-order valence-corrected chi connectivity index (χ0v) is 4.59. The van der Waals surface area contributed by atoms with Gasteiger partial charge in [0.2, 0.25) is 0 Å². The van der Waals surface area contributed by atoms with Gasteiger partial charge in [-0.2, -0.15) is 0 Å². The van der Waals surface area contributed by atoms with Gasteiger partial charge >= 0.3 is 0 Å². The highest BCUT2D eigenvalue weighted by Gasteiger charge is 2.08. The number of rotatable bonds is 0. The molecule has 0 heteroatoms. The van der Waals surface area contributed by atoms with Crippen molar-refractivity contribution in [2.24, 2.45) is 0 Å². The largest absolute Gasteiger partial charge is 0.0761 e. The molecule has 0 saturated heterocycles. The fourth-order valence-corrected chi connectivity index (χ4v) is 1.03. The molecule has 3 rings (SSSR count). The Morgan fingerprint density at radius 1 is 1.00 bits per heavy atom. The van der Waals surface area contributed by atoms with Gasteiger partial charge in [0.15, 0.2) is 0 Å². The van der Waals surface area contributed by atoms with E-state index in [9.17, 15) is 0 Å². The number of fused-ring (bicyclic) bond motifs is 1. The maximum Gasteiger partial charge on any atom is 0.0231 e. The van der Waals surface area contributed by atoms with E-state index in [-0.39, 0.29) is 0 Å². The molecule has 0 fully saturated rings. The summed E-state index contributed by atoms with van der Waals surface area (Å²) < 4.78 is 0. The van der Waals surface area contributed by atoms with E-state index in [0.717, 1.165) is 6.42 Å². The fraction of sp³-hybridized carbons (Fsp3) is 0.125. The van der Waals surface area contributed by atoms with Crippen molar-refractivity contribution in [1.29, 1.82) is 0 Å². The van der Waals surface area contributed by atoms with Crippen molar-refractivity contribution in [2.45, 2.75) is 6.42 Å². The van der Waals surface area contributed by atoms with Crippen molar-refractivity contribution >= 4 is 0 Å². The highest BCUT2D eigenvalue weighted by molar-refractivity contribution is 5.48. The Morgan fingerprint density at radius 3 is 1.88 bits per heavy atom. The van der Waals surface area contributed by atoms with Crippen LogP contribution in [0.3, 0.4) is 0 Å². The van der Waals surface area contributed by atoms with E-state index in [1.165, 1.54) is 11.5 Å². The van der Waals surface area contributed by atoms with Crippen LogP contribution in [0.25, 0.3) is 0 Å². The molecule has 0 unspecified atom stereocenters. The molecule has 2 bridgehead atoms. The minimum atomic E-state index is 1.14. The highest BCUT2D eigenvalue weighted by atomic mass is 14.1. The molecule has 0 aromatic heterocycles. The first-order chi connectivity index (χ1) is 3.95. The van der Waals surface area contributed by atoms with Crippen LogP contribution in [0.15, 0.2) is 36.0 Å². The summed E-state index contributed by atoms with van der Waals surface area (Å²) in [4.78, 5) is 0. The Kier molecular flexibility index (Phi) is 0.696. The van der Waals surface area contributed by atoms with E-state index in [0.29, 0.717) is 0 Å². The lowest BCUT2D eigenvalue weighted by Gasteiger charge is -2.14. The van der Waals surface area contributed by atoms with E-state index < -0.39 is 0 Å². The summed E-state index contributed by atoms with van der Waals surface area (Å²) in [7, 11) is 0. The molecule has 0 N–H and O–H groups in total. The average Bonchev–Trinajstić information content (AvgIpc) is 1.92. The first-order valence-corrected chi connectivity index (χ1v) is 2.87. The van der Waals surface area contributed by atoms with Gasteiger partial charge in [0.05, 0.1) is 0 Å². The first-order valence-electron chi connectivity index (χ1n) is 2.87. The summed E-state index contributed by atoms with van der Waals surface area (Å²) in [6, 6.07) is 0. The zero-order valence-electron chi connectivity index (χ0n) is 4.59. The second kappa shape index (κ2) is 1.35. The van der Waals surface area contributed by atoms with Gasteiger partial charge in [0.1, 0.15) is 0 Å². The standard InChI is InChI=1S/C8H7/c1-2-8-5-3-7(1)4-6-8/h1-5H,6H2. The van der Waals surface area contributed by atoms with Gasteiger partial charge < -0.3 is 0 Å². The summed E-state index contributed by atoms with van der Waals surface area (Å²) >= 11 is 0. The second-order valence-corrected chi connectivity index (χ2v) is 2.15. The molecule has 0 saturated carbocycles. The van der Waals surface area contributed by atoms with E-state index in [2.05, 4.69) is 30.4 Å². The predicted molar refractivity (Wildman–Crippen MR) is 34.2 cm³/mol. The molecular formula is C8H7. The van der Waals surface area contributed by atoms with Crippen LogP contribution in [0, 0.1) is 5.92 Å². The SMILES string of the molecule is C1=CC2=CC[C]1C=C2. The van der Waals surface area contributed by atoms with Crippen LogP contribution in [-0.4, -0.2) is 0 Å². The summed E-state index contributed by atoms with van der Waals surface area (Å²) in [6.45, 7) is 0. The van der Waals surface area contributed by atoms with Gasteiger partial charge in [0, 0.05) is 5.92 Å². The normalized spacial score (nSPS) is 24.2. The molecule has 0 aromatic carbocycles. The monoisotopic (exact) mass is 103 g/mol. The molecule has 0 nitrogen and oxygen atoms in total. The minimum absolute atomic E-state index is 1.14. The van der Waals surface area contributed by atoms with Crippen molar-refractivity contribution in [1.82, 2.24) is 0 Å². The molecule has 0 spiro atoms. The summed E-state index contributed by atoms with van der Waals surface area (Å²) in [6.07, 6.45) is 12.0. The Hall–Kier alpha value is -0.780. The van der Waals surface area contributed by atoms with E-state index in [4.69, 9.17) is 0 Å². The summed E-state index contributed by atoms with van der Waals surface area (Å²) in [5.74, 6) is 1.43. The third-order valence-corrected chi connectivity index (χ3v) is 1.55. The number of allylic oxidation sites excluding steroid dienone is 6. The van der Waals surface area contributed by atoms with Crippen molar-refractivity contribution in [2.75, 3.05) is 0 Å². The first kappa shape index (κ1) is 4.13. The lowest BCUT2D eigenvalue weighted by Crippen LogP contribution is -1.97. The van der Waals surface area contributed by atoms with Crippen LogP contribution in [0.5, 0.6) is 0 Å². The van der Waals surface area contributed by atoms with Crippen LogP contribution < -0.4 is 0 Å². The third-order valence-electron chi connectivity index (χ3n) is 1.55. The van der Waals surface area contributed by atoms with E-state index in [1.54, 1.807) is 0 Å². The van der Waals surface area contributed by atoms with Crippen LogP contribution in [0.1, 0.15) is 6.42 Å². The van der Waals surface area contributed by atoms with Crippen molar-refractivity contribution in [3.8, 4) is 0 Å². The van der Waals surface area contributed by atoms with Crippen molar-refractivity contribution < 1.29 is 0 Å². The van der Waals surface area contributed by atoms with E-state index >= 15 is 0 Å². The molecular weight excluding hydrogens is 96.1 g/mol. The topological polar surface area (TPSA) is 0 Å². The van der Waals surface area contributed by atoms with Crippen LogP contribution >= 0.6 is 0 Å². The van der Waals surface area contributed by atoms with Crippen molar-refractivity contribution in [3.05, 3.63) is 41.9 Å². The van der Waals surface area contributed by atoms with E-state index in [1.807, 2.05) is 0 Å². The summed E-state index contributed by atoms with van der Waals surface area (Å²) in [5, 5.41) is 0. The molecule has 0 aromatic rings. The molecule has 1 radical (unpaired) electrons. The Bertz CT molecular complexity index is 166. The number of hydrogen-bond acceptors (Lipinski definition) is 0. The Labute approximate surface area is 49.2 Å². The lowest BCUT2D eigenvalue weighted by atomic mass is 9.90. The smallest absolute Gasteiger partial charge is 0.0231 e. The molecule has 0 aliphatic heterocycles. The molecule has 0 atom stereocenters. The average molecular weight is 103 g/mol. The van der Waals surface area contributed by atoms with Gasteiger partial charge in [-0.25, -0.2) is 0 Å². The van der Waals surface area contributed by atoms with Crippen LogP contribution in [0.2, 0.25) is 0 Å². The Morgan fingerprint density at radius 2 is 1.75 bits per heavy atom. The van der Waals surface area contributed by atoms with Gasteiger partial charge in [0.25, 0.3) is 0 Å². The highest BCUT2D eigenvalue weighted by Crippen LogP contribution is 2.25. The maximum atomic E-state index is 2.25. The molecule has 3 aliphatic rings. The van der Waals surface area contributed by atoms with Gasteiger partial charge in [-0.05, 0) is 12.0 Å². The fourth-order valence-electron chi connectivity index (χ4n) is 1.03. The molecule has 0 amide bonds. The molecule has 39 valence electrons. The van der Waals surface area contributed by atoms with Gasteiger partial charge in [-0.15, -0.1) is 0 Å². The molecule has 3 aliphatic carbocycles. The summed E-state index contributed by atoms with van der Waals surface area (Å²) in [5.41, 5.74) is 1.36. The number of hydrogen-bond donors (Lipinski definition) is 0. The zero-order chi connectivity index (χ0) is 5.40. The predicted octanol–water partition coefficient (Wildman–Crippen LogP) is 2.02. The molecule has 8 heavy (non-hydrogen) atoms. The second-order valence-electron chi connectivity index (χ2n) is 2.15. The molecule has 0 heterocycles. The lowest BCUT2D eigenvalue weighted by molar-refractivity contribution is 1.09.